The van der Waals surface area contributed by atoms with E-state index in [4.69, 9.17) is 0 Å². The van der Waals surface area contributed by atoms with Crippen LogP contribution in [0.3, 0.4) is 0 Å². The molecule has 2 aliphatic heterocycles. The lowest BCUT2D eigenvalue weighted by atomic mass is 9.70. The zero-order chi connectivity index (χ0) is 68.6. The average molecular weight is 1270 g/mol. The van der Waals surface area contributed by atoms with E-state index in [1.165, 1.54) is 22.3 Å². The van der Waals surface area contributed by atoms with E-state index in [9.17, 15) is 24.3 Å². The number of amides is 4. The van der Waals surface area contributed by atoms with Crippen LogP contribution in [-0.4, -0.2) is 53.3 Å². The number of unbranched alkanes of at least 4 members (excludes halogenated alkanes) is 6. The first-order chi connectivity index (χ1) is 44.1. The summed E-state index contributed by atoms with van der Waals surface area (Å²) in [6, 6.07) is 32.3. The maximum absolute atomic E-state index is 15.4. The van der Waals surface area contributed by atoms with Gasteiger partial charge < -0.3 is 31.3 Å². The number of aliphatic hydroxyl groups is 1. The second-order valence-corrected chi connectivity index (χ2v) is 31.7. The van der Waals surface area contributed by atoms with Crippen molar-refractivity contribution in [2.24, 2.45) is 0 Å². The number of ketones is 1. The predicted molar refractivity (Wildman–Crippen MR) is 388 cm³/mol. The third-order valence-corrected chi connectivity index (χ3v) is 19.5. The van der Waals surface area contributed by atoms with Crippen molar-refractivity contribution in [1.82, 2.24) is 20.5 Å². The molecule has 0 fully saturated rings. The Morgan fingerprint density at radius 3 is 1.36 bits per heavy atom. The third-order valence-electron chi connectivity index (χ3n) is 19.5. The topological polar surface area (TPSA) is 160 Å². The fourth-order valence-corrected chi connectivity index (χ4v) is 13.4. The van der Waals surface area contributed by atoms with Gasteiger partial charge in [0.05, 0.1) is 33.9 Å². The highest BCUT2D eigenvalue weighted by atomic mass is 16.3. The Kier molecular flexibility index (Phi) is 20.4. The summed E-state index contributed by atoms with van der Waals surface area (Å²) in [5.74, 6) is -2.10. The molecule has 5 aromatic carbocycles. The van der Waals surface area contributed by atoms with Gasteiger partial charge in [0.1, 0.15) is 5.76 Å². The number of carbonyl (C=O) groups is 5. The Labute approximate surface area is 561 Å². The molecule has 0 radical (unpaired) electrons. The lowest BCUT2D eigenvalue weighted by Gasteiger charge is -2.43. The summed E-state index contributed by atoms with van der Waals surface area (Å²) in [7, 11) is 0. The molecule has 2 aliphatic carbocycles. The van der Waals surface area contributed by atoms with Crippen LogP contribution in [-0.2, 0) is 56.5 Å². The Bertz CT molecular complexity index is 3850. The van der Waals surface area contributed by atoms with Gasteiger partial charge in [0.2, 0.25) is 46.5 Å². The minimum atomic E-state index is -0.492. The number of fused-ring (bicyclic) bond motifs is 4. The molecule has 12 nitrogen and oxygen atoms in total. The molecule has 0 aromatic heterocycles. The standard InChI is InChI=1S/C82H104N6O6/c1-19-21-23-25-43-83-69(89)39-41-71(91)85-63-49-55(87-65-35-27-51(77(3,4)5)45-59(65)81(15,16)60-46-52(78(6,7)8)28-36-66(60)87)31-33-57(63)73-75(93)74(76(73)94)58-34-32-56(50-64(58)86-72(92)42-40-70(90)84-44-26-24-22-20-2)88-67-37-29-53(79(9,10)11)47-61(67)82(17,18)62-48-54(80(12,13)14)30-38-68(62)88/h27-38,45-50H,19-26,39-44H2,1-18H3,(H4,83,84,85,86,89,90,91,92,93,94)/p+1. The van der Waals surface area contributed by atoms with Crippen molar-refractivity contribution >= 4 is 74.8 Å². The molecule has 0 saturated carbocycles. The van der Waals surface area contributed by atoms with Crippen LogP contribution in [0.15, 0.2) is 132 Å². The Morgan fingerprint density at radius 1 is 0.489 bits per heavy atom. The number of nitrogens with zero attached hydrogens (tertiary/aromatic N) is 2. The summed E-state index contributed by atoms with van der Waals surface area (Å²) in [5, 5.41) is 24.9. The molecule has 4 amide bonds. The van der Waals surface area contributed by atoms with Crippen LogP contribution in [0.4, 0.5) is 34.1 Å². The van der Waals surface area contributed by atoms with E-state index in [0.717, 1.165) is 96.4 Å². The highest BCUT2D eigenvalue weighted by Gasteiger charge is 2.46. The molecule has 9 rings (SSSR count). The molecule has 0 unspecified atom stereocenters. The number of nitrogens with one attached hydrogen (secondary N) is 4. The average Bonchev–Trinajstić information content (AvgIpc) is 0.727. The van der Waals surface area contributed by atoms with Crippen LogP contribution in [0.2, 0.25) is 0 Å². The van der Waals surface area contributed by atoms with E-state index in [1.54, 1.807) is 12.1 Å². The molecule has 94 heavy (non-hydrogen) atoms. The van der Waals surface area contributed by atoms with Crippen molar-refractivity contribution in [1.29, 1.82) is 0 Å². The largest absolute Gasteiger partial charge is 0.506 e. The van der Waals surface area contributed by atoms with Gasteiger partial charge in [0.15, 0.2) is 0 Å². The second kappa shape index (κ2) is 27.3. The number of allylic oxidation sites excluding steroid dienone is 5. The number of benzene rings is 5. The molecule has 0 saturated heterocycles. The van der Waals surface area contributed by atoms with Crippen LogP contribution in [0.1, 0.15) is 252 Å². The molecule has 4 aliphatic rings. The van der Waals surface area contributed by atoms with Crippen molar-refractivity contribution in [2.45, 2.75) is 234 Å². The van der Waals surface area contributed by atoms with Gasteiger partial charge in [-0.05, 0) is 116 Å². The molecule has 2 heterocycles. The summed E-state index contributed by atoms with van der Waals surface area (Å²) in [6.07, 6.45) is 13.3. The van der Waals surface area contributed by atoms with Gasteiger partial charge in [-0.25, -0.2) is 0 Å². The molecule has 0 bridgehead atoms. The summed E-state index contributed by atoms with van der Waals surface area (Å²) >= 11 is 0. The Hall–Kier alpha value is -8.12. The minimum absolute atomic E-state index is 0.00530. The first-order valence-corrected chi connectivity index (χ1v) is 34.5. The predicted octanol–water partition coefficient (Wildman–Crippen LogP) is 18.2. The number of rotatable bonds is 20. The number of hydrogen-bond donors (Lipinski definition) is 5. The van der Waals surface area contributed by atoms with E-state index < -0.39 is 28.4 Å². The number of carbonyl (C=O) groups excluding carboxylic acids is 5. The van der Waals surface area contributed by atoms with Crippen LogP contribution in [0.25, 0.3) is 5.57 Å². The van der Waals surface area contributed by atoms with Gasteiger partial charge in [-0.3, -0.25) is 24.0 Å². The lowest BCUT2D eigenvalue weighted by molar-refractivity contribution is -0.126. The van der Waals surface area contributed by atoms with E-state index in [1.807, 2.05) is 24.3 Å². The molecule has 5 N–H and O–H groups in total. The van der Waals surface area contributed by atoms with Gasteiger partial charge in [0, 0.05) is 102 Å². The fourth-order valence-electron chi connectivity index (χ4n) is 13.4. The minimum Gasteiger partial charge on any atom is -0.506 e. The van der Waals surface area contributed by atoms with Crippen LogP contribution in [0, 0.1) is 0 Å². The van der Waals surface area contributed by atoms with E-state index in [0.29, 0.717) is 35.6 Å². The van der Waals surface area contributed by atoms with Gasteiger partial charge in [0.25, 0.3) is 0 Å². The quantitative estimate of drug-likeness (QED) is 0.0295. The summed E-state index contributed by atoms with van der Waals surface area (Å²) in [6.45, 7) is 41.1. The summed E-state index contributed by atoms with van der Waals surface area (Å²) in [4.78, 5) is 72.7. The van der Waals surface area contributed by atoms with Crippen molar-refractivity contribution in [2.75, 3.05) is 23.3 Å². The zero-order valence-electron chi connectivity index (χ0n) is 59.7. The number of anilines is 4. The van der Waals surface area contributed by atoms with E-state index >= 15 is 4.79 Å². The smallest absolute Gasteiger partial charge is 0.224 e. The maximum Gasteiger partial charge on any atom is 0.224 e. The first kappa shape index (κ1) is 70.2. The molecule has 498 valence electrons. The second-order valence-electron chi connectivity index (χ2n) is 31.7. The third kappa shape index (κ3) is 14.7. The lowest BCUT2D eigenvalue weighted by Crippen LogP contribution is -2.34. The van der Waals surface area contributed by atoms with Crippen molar-refractivity contribution in [3.05, 3.63) is 182 Å². The van der Waals surface area contributed by atoms with Crippen molar-refractivity contribution < 1.29 is 29.1 Å². The normalized spacial score (nSPS) is 16.6. The highest BCUT2D eigenvalue weighted by Crippen LogP contribution is 2.55. The number of Topliss-reactive ketones (excluding diaryl/α,β-unsaturated/α-hetero) is 1. The zero-order valence-corrected chi connectivity index (χ0v) is 59.7. The van der Waals surface area contributed by atoms with Gasteiger partial charge in [-0.2, -0.15) is 4.58 Å². The Balaban J connectivity index is 1.19. The van der Waals surface area contributed by atoms with Crippen molar-refractivity contribution in [3.63, 3.8) is 0 Å². The SMILES string of the molecule is CCCCCCNC(=O)CCC(=O)NC1=CC(=[N+]2c3ccc(C(C)(C)C)cc3C(C)(C)c3cc(C(C)(C)C)ccc32)C=CC1=C1C(=O)C(c2ccc(N3c4ccc(C(C)(C)C)cc4C(C)(C)c4cc(C(C)(C)C)ccc43)cc2NC(=O)CCC(=O)NCCCCCC)=C1O. The Morgan fingerprint density at radius 2 is 0.915 bits per heavy atom. The summed E-state index contributed by atoms with van der Waals surface area (Å²) in [5.41, 5.74) is 14.4. The molecule has 5 aromatic rings. The van der Waals surface area contributed by atoms with Crippen LogP contribution < -0.4 is 30.7 Å². The van der Waals surface area contributed by atoms with Gasteiger partial charge in [-0.1, -0.05) is 200 Å². The molecular formula is C82H105N6O6+. The molecule has 12 heteroatoms. The number of aliphatic hydroxyl groups excluding tert-OH is 1. The molecule has 0 atom stereocenters. The maximum atomic E-state index is 15.4. The highest BCUT2D eigenvalue weighted by molar-refractivity contribution is 6.40. The van der Waals surface area contributed by atoms with E-state index in [-0.39, 0.29) is 87.4 Å². The fraction of sp³-hybridized carbons (Fsp3) is 0.463. The van der Waals surface area contributed by atoms with E-state index in [2.05, 4.69) is 228 Å². The van der Waals surface area contributed by atoms with Crippen LogP contribution >= 0.6 is 0 Å². The van der Waals surface area contributed by atoms with Crippen molar-refractivity contribution in [3.8, 4) is 0 Å². The molecule has 0 spiro atoms. The monoisotopic (exact) mass is 1270 g/mol. The van der Waals surface area contributed by atoms with Gasteiger partial charge in [-0.15, -0.1) is 0 Å². The number of hydrogen-bond acceptors (Lipinski definition) is 7. The summed E-state index contributed by atoms with van der Waals surface area (Å²) < 4.78 is 2.22. The van der Waals surface area contributed by atoms with Gasteiger partial charge >= 0.3 is 0 Å². The van der Waals surface area contributed by atoms with Crippen LogP contribution in [0.5, 0.6) is 0 Å². The molecular weight excluding hydrogens is 1160 g/mol. The first-order valence-electron chi connectivity index (χ1n) is 34.5.